The first-order chi connectivity index (χ1) is 7.11. The molecule has 0 saturated carbocycles. The van der Waals surface area contributed by atoms with Crippen LogP contribution in [0.25, 0.3) is 0 Å². The van der Waals surface area contributed by atoms with Crippen LogP contribution in [0.2, 0.25) is 5.02 Å². The summed E-state index contributed by atoms with van der Waals surface area (Å²) in [7, 11) is 0. The Morgan fingerprint density at radius 2 is 2.27 bits per heavy atom. The lowest BCUT2D eigenvalue weighted by molar-refractivity contribution is 0.150. The Bertz CT molecular complexity index is 404. The number of hydrogen-bond acceptors (Lipinski definition) is 2. The molecule has 6 heteroatoms. The number of nitriles is 1. The van der Waals surface area contributed by atoms with Crippen LogP contribution in [0.1, 0.15) is 23.2 Å². The number of alkyl halides is 3. The molecule has 1 aromatic heterocycles. The van der Waals surface area contributed by atoms with Gasteiger partial charge >= 0.3 is 0 Å². The number of hydrogen-bond donors (Lipinski definition) is 0. The molecule has 0 aliphatic rings. The largest absolute Gasteiger partial charge is 0.265 e. The fourth-order valence-electron chi connectivity index (χ4n) is 1.10. The third-order valence-corrected chi connectivity index (χ3v) is 2.85. The van der Waals surface area contributed by atoms with Crippen molar-refractivity contribution in [3.05, 3.63) is 28.0 Å². The number of rotatable bonds is 3. The first kappa shape index (κ1) is 12.3. The topological polar surface area (TPSA) is 36.7 Å². The third kappa shape index (κ3) is 2.64. The van der Waals surface area contributed by atoms with Gasteiger partial charge in [0.25, 0.3) is 6.43 Å². The van der Waals surface area contributed by atoms with Gasteiger partial charge in [-0.25, -0.2) is 8.78 Å². The van der Waals surface area contributed by atoms with Gasteiger partial charge in [0, 0.05) is 17.1 Å². The molecule has 1 heterocycles. The van der Waals surface area contributed by atoms with Gasteiger partial charge in [-0.1, -0.05) is 27.5 Å². The van der Waals surface area contributed by atoms with Crippen LogP contribution in [0.3, 0.4) is 0 Å². The summed E-state index contributed by atoms with van der Waals surface area (Å²) in [6, 6.07) is 1.88. The summed E-state index contributed by atoms with van der Waals surface area (Å²) in [4.78, 5) is 3.74. The van der Waals surface area contributed by atoms with E-state index in [1.54, 1.807) is 0 Å². The first-order valence-electron chi connectivity index (χ1n) is 3.99. The lowest BCUT2D eigenvalue weighted by atomic mass is 10.1. The Balaban J connectivity index is 3.27. The molecule has 2 nitrogen and oxygen atoms in total. The Labute approximate surface area is 99.0 Å². The van der Waals surface area contributed by atoms with Gasteiger partial charge in [-0.05, 0) is 5.56 Å². The number of pyridine rings is 1. The van der Waals surface area contributed by atoms with Crippen LogP contribution < -0.4 is 0 Å². The van der Waals surface area contributed by atoms with Crippen molar-refractivity contribution in [2.75, 3.05) is 0 Å². The lowest BCUT2D eigenvalue weighted by Gasteiger charge is -2.10. The van der Waals surface area contributed by atoms with E-state index in [9.17, 15) is 8.78 Å². The number of nitrogens with zero attached hydrogens (tertiary/aromatic N) is 2. The summed E-state index contributed by atoms with van der Waals surface area (Å²) in [5.41, 5.74) is 0.434. The zero-order valence-corrected chi connectivity index (χ0v) is 9.82. The number of halogens is 4. The zero-order valence-electron chi connectivity index (χ0n) is 7.48. The van der Waals surface area contributed by atoms with Crippen LogP contribution in [0.15, 0.2) is 6.20 Å². The van der Waals surface area contributed by atoms with Crippen molar-refractivity contribution in [1.82, 2.24) is 4.98 Å². The maximum absolute atomic E-state index is 12.5. The van der Waals surface area contributed by atoms with Crippen LogP contribution in [-0.4, -0.2) is 4.98 Å². The van der Waals surface area contributed by atoms with Gasteiger partial charge in [-0.2, -0.15) is 5.26 Å². The van der Waals surface area contributed by atoms with Gasteiger partial charge in [0.15, 0.2) is 0 Å². The molecule has 15 heavy (non-hydrogen) atoms. The van der Waals surface area contributed by atoms with E-state index in [1.807, 2.05) is 6.07 Å². The molecule has 1 rings (SSSR count). The lowest BCUT2D eigenvalue weighted by Crippen LogP contribution is -2.00. The smallest absolute Gasteiger partial charge is 0.258 e. The maximum Gasteiger partial charge on any atom is 0.265 e. The molecule has 0 fully saturated rings. The molecule has 0 amide bonds. The van der Waals surface area contributed by atoms with Crippen molar-refractivity contribution >= 4 is 27.5 Å². The van der Waals surface area contributed by atoms with Crippen molar-refractivity contribution < 1.29 is 8.78 Å². The van der Waals surface area contributed by atoms with Crippen molar-refractivity contribution in [2.45, 2.75) is 18.2 Å². The Morgan fingerprint density at radius 3 is 2.73 bits per heavy atom. The molecule has 0 saturated heterocycles. The number of aromatic nitrogens is 1. The highest BCUT2D eigenvalue weighted by Crippen LogP contribution is 2.31. The van der Waals surface area contributed by atoms with E-state index in [2.05, 4.69) is 20.9 Å². The summed E-state index contributed by atoms with van der Waals surface area (Å²) < 4.78 is 25.1. The Kier molecular flexibility index (Phi) is 4.43. The predicted molar refractivity (Wildman–Crippen MR) is 56.2 cm³/mol. The van der Waals surface area contributed by atoms with Crippen molar-refractivity contribution in [3.8, 4) is 6.07 Å². The summed E-state index contributed by atoms with van der Waals surface area (Å²) >= 11 is 8.94. The highest BCUT2D eigenvalue weighted by atomic mass is 79.9. The van der Waals surface area contributed by atoms with Gasteiger partial charge in [-0.15, -0.1) is 0 Å². The van der Waals surface area contributed by atoms with E-state index in [1.165, 1.54) is 0 Å². The molecule has 0 aliphatic heterocycles. The molecule has 0 unspecified atom stereocenters. The SMILES string of the molecule is N#CCc1ncc(C(F)F)c(CBr)c1Cl. The zero-order chi connectivity index (χ0) is 11.4. The Morgan fingerprint density at radius 1 is 1.60 bits per heavy atom. The van der Waals surface area contributed by atoms with Crippen LogP contribution in [0.4, 0.5) is 8.78 Å². The first-order valence-corrected chi connectivity index (χ1v) is 5.49. The monoisotopic (exact) mass is 294 g/mol. The van der Waals surface area contributed by atoms with E-state index in [0.717, 1.165) is 6.20 Å². The second kappa shape index (κ2) is 5.38. The van der Waals surface area contributed by atoms with Gasteiger partial charge in [0.1, 0.15) is 0 Å². The fourth-order valence-corrected chi connectivity index (χ4v) is 2.16. The van der Waals surface area contributed by atoms with Crippen molar-refractivity contribution in [2.24, 2.45) is 0 Å². The second-order valence-corrected chi connectivity index (χ2v) is 3.66. The summed E-state index contributed by atoms with van der Waals surface area (Å²) in [5.74, 6) is 0. The molecule has 80 valence electrons. The minimum Gasteiger partial charge on any atom is -0.258 e. The van der Waals surface area contributed by atoms with Crippen LogP contribution >= 0.6 is 27.5 Å². The molecule has 1 aromatic rings. The molecule has 0 aliphatic carbocycles. The fraction of sp³-hybridized carbons (Fsp3) is 0.333. The van der Waals surface area contributed by atoms with E-state index in [4.69, 9.17) is 16.9 Å². The summed E-state index contributed by atoms with van der Waals surface area (Å²) in [6.07, 6.45) is -1.53. The summed E-state index contributed by atoms with van der Waals surface area (Å²) in [5, 5.41) is 8.84. The predicted octanol–water partition coefficient (Wildman–Crippen LogP) is 3.63. The minimum atomic E-state index is -2.61. The average Bonchev–Trinajstić information content (AvgIpc) is 2.20. The second-order valence-electron chi connectivity index (χ2n) is 2.72. The normalized spacial score (nSPS) is 10.4. The summed E-state index contributed by atoms with van der Waals surface area (Å²) in [6.45, 7) is 0. The third-order valence-electron chi connectivity index (χ3n) is 1.84. The Hall–Kier alpha value is -0.730. The molecular weight excluding hydrogens is 289 g/mol. The molecule has 0 N–H and O–H groups in total. The maximum atomic E-state index is 12.5. The molecule has 0 atom stereocenters. The minimum absolute atomic E-state index is 0.0162. The van der Waals surface area contributed by atoms with Gasteiger partial charge in [-0.3, -0.25) is 4.98 Å². The van der Waals surface area contributed by atoms with E-state index in [0.29, 0.717) is 11.3 Å². The highest BCUT2D eigenvalue weighted by Gasteiger charge is 2.18. The van der Waals surface area contributed by atoms with Crippen molar-refractivity contribution in [3.63, 3.8) is 0 Å². The molecule has 0 aromatic carbocycles. The van der Waals surface area contributed by atoms with Crippen molar-refractivity contribution in [1.29, 1.82) is 5.26 Å². The van der Waals surface area contributed by atoms with E-state index in [-0.39, 0.29) is 22.3 Å². The standard InChI is InChI=1S/C9H6BrClF2N2/c10-3-5-6(9(12)13)4-15-7(1-2-14)8(5)11/h4,9H,1,3H2. The highest BCUT2D eigenvalue weighted by molar-refractivity contribution is 9.08. The molecular formula is C9H6BrClF2N2. The molecule has 0 radical (unpaired) electrons. The van der Waals surface area contributed by atoms with Gasteiger partial charge in [0.2, 0.25) is 0 Å². The molecule has 0 bridgehead atoms. The van der Waals surface area contributed by atoms with Gasteiger partial charge in [0.05, 0.1) is 23.2 Å². The quantitative estimate of drug-likeness (QED) is 0.798. The molecule has 0 spiro atoms. The van der Waals surface area contributed by atoms with E-state index >= 15 is 0 Å². The van der Waals surface area contributed by atoms with Crippen LogP contribution in [-0.2, 0) is 11.8 Å². The average molecular weight is 296 g/mol. The van der Waals surface area contributed by atoms with Gasteiger partial charge < -0.3 is 0 Å². The van der Waals surface area contributed by atoms with Crippen LogP contribution in [0, 0.1) is 11.3 Å². The van der Waals surface area contributed by atoms with Crippen LogP contribution in [0.5, 0.6) is 0 Å². The van der Waals surface area contributed by atoms with E-state index < -0.39 is 6.43 Å².